The van der Waals surface area contributed by atoms with E-state index in [9.17, 15) is 9.18 Å². The van der Waals surface area contributed by atoms with Crippen LogP contribution in [-0.2, 0) is 0 Å². The van der Waals surface area contributed by atoms with Crippen LogP contribution in [0.5, 0.6) is 0 Å². The normalized spacial score (nSPS) is 10.6. The highest BCUT2D eigenvalue weighted by molar-refractivity contribution is 9.09. The summed E-state index contributed by atoms with van der Waals surface area (Å²) in [6.07, 6.45) is 0.908. The van der Waals surface area contributed by atoms with Crippen molar-refractivity contribution in [1.29, 1.82) is 0 Å². The molecule has 2 nitrogen and oxygen atoms in total. The van der Waals surface area contributed by atoms with Crippen molar-refractivity contribution < 1.29 is 9.18 Å². The van der Waals surface area contributed by atoms with E-state index in [-0.39, 0.29) is 17.8 Å². The van der Waals surface area contributed by atoms with E-state index in [1.165, 1.54) is 24.3 Å². The van der Waals surface area contributed by atoms with E-state index in [1.807, 2.05) is 13.8 Å². The van der Waals surface area contributed by atoms with Crippen LogP contribution in [0.1, 0.15) is 30.6 Å². The van der Waals surface area contributed by atoms with Gasteiger partial charge in [-0.1, -0.05) is 15.9 Å². The Kier molecular flexibility index (Phi) is 5.62. The first-order chi connectivity index (χ1) is 8.06. The SMILES string of the molecule is CC(C)N(CCCBr)C(=O)c1ccc(F)cc1. The van der Waals surface area contributed by atoms with E-state index < -0.39 is 0 Å². The average molecular weight is 302 g/mol. The third kappa shape index (κ3) is 4.11. The Morgan fingerprint density at radius 1 is 1.35 bits per heavy atom. The van der Waals surface area contributed by atoms with Crippen molar-refractivity contribution in [3.05, 3.63) is 35.6 Å². The Morgan fingerprint density at radius 3 is 2.41 bits per heavy atom. The number of carbonyl (C=O) groups is 1. The molecule has 0 saturated carbocycles. The first kappa shape index (κ1) is 14.2. The van der Waals surface area contributed by atoms with Crippen LogP contribution in [0, 0.1) is 5.82 Å². The van der Waals surface area contributed by atoms with Crippen LogP contribution in [-0.4, -0.2) is 28.7 Å². The Balaban J connectivity index is 2.80. The standard InChI is InChI=1S/C13H17BrFNO/c1-10(2)16(9-3-8-14)13(17)11-4-6-12(15)7-5-11/h4-7,10H,3,8-9H2,1-2H3. The fourth-order valence-electron chi connectivity index (χ4n) is 1.58. The molecule has 4 heteroatoms. The highest BCUT2D eigenvalue weighted by Gasteiger charge is 2.17. The molecule has 94 valence electrons. The lowest BCUT2D eigenvalue weighted by Gasteiger charge is -2.26. The molecule has 0 spiro atoms. The number of hydrogen-bond acceptors (Lipinski definition) is 1. The Morgan fingerprint density at radius 2 is 1.94 bits per heavy atom. The third-order valence-corrected chi connectivity index (χ3v) is 3.07. The van der Waals surface area contributed by atoms with Gasteiger partial charge in [0.2, 0.25) is 0 Å². The molecule has 1 rings (SSSR count). The molecule has 0 heterocycles. The zero-order valence-electron chi connectivity index (χ0n) is 10.1. The van der Waals surface area contributed by atoms with Gasteiger partial charge < -0.3 is 4.90 Å². The summed E-state index contributed by atoms with van der Waals surface area (Å²) in [5.41, 5.74) is 0.537. The van der Waals surface area contributed by atoms with Crippen molar-refractivity contribution in [2.24, 2.45) is 0 Å². The molecule has 0 aliphatic rings. The lowest BCUT2D eigenvalue weighted by molar-refractivity contribution is 0.0706. The molecule has 1 aromatic carbocycles. The lowest BCUT2D eigenvalue weighted by Crippen LogP contribution is -2.37. The number of halogens is 2. The number of rotatable bonds is 5. The first-order valence-corrected chi connectivity index (χ1v) is 6.81. The maximum absolute atomic E-state index is 12.8. The maximum atomic E-state index is 12.8. The predicted molar refractivity (Wildman–Crippen MR) is 71.0 cm³/mol. The first-order valence-electron chi connectivity index (χ1n) is 5.68. The fourth-order valence-corrected chi connectivity index (χ4v) is 1.83. The highest BCUT2D eigenvalue weighted by atomic mass is 79.9. The molecule has 0 aliphatic carbocycles. The minimum atomic E-state index is -0.321. The number of benzene rings is 1. The summed E-state index contributed by atoms with van der Waals surface area (Å²) in [4.78, 5) is 14.0. The number of amides is 1. The largest absolute Gasteiger partial charge is 0.336 e. The second kappa shape index (κ2) is 6.74. The van der Waals surface area contributed by atoms with Crippen LogP contribution in [0.4, 0.5) is 4.39 Å². The molecule has 0 atom stereocenters. The Bertz CT molecular complexity index is 364. The van der Waals surface area contributed by atoms with Gasteiger partial charge in [0.1, 0.15) is 5.82 Å². The number of alkyl halides is 1. The number of nitrogens with zero attached hydrogens (tertiary/aromatic N) is 1. The van der Waals surface area contributed by atoms with Gasteiger partial charge in [0.05, 0.1) is 0 Å². The van der Waals surface area contributed by atoms with Crippen molar-refractivity contribution in [2.75, 3.05) is 11.9 Å². The smallest absolute Gasteiger partial charge is 0.254 e. The van der Waals surface area contributed by atoms with Crippen molar-refractivity contribution in [2.45, 2.75) is 26.3 Å². The number of carbonyl (C=O) groups excluding carboxylic acids is 1. The lowest BCUT2D eigenvalue weighted by atomic mass is 10.1. The van der Waals surface area contributed by atoms with Gasteiger partial charge in [-0.15, -0.1) is 0 Å². The molecular weight excluding hydrogens is 285 g/mol. The van der Waals surface area contributed by atoms with E-state index in [0.29, 0.717) is 12.1 Å². The zero-order valence-corrected chi connectivity index (χ0v) is 11.7. The third-order valence-electron chi connectivity index (χ3n) is 2.51. The topological polar surface area (TPSA) is 20.3 Å². The fraction of sp³-hybridized carbons (Fsp3) is 0.462. The van der Waals surface area contributed by atoms with Crippen LogP contribution < -0.4 is 0 Å². The van der Waals surface area contributed by atoms with Gasteiger partial charge in [0.25, 0.3) is 5.91 Å². The van der Waals surface area contributed by atoms with E-state index >= 15 is 0 Å². The molecule has 0 aliphatic heterocycles. The molecule has 0 aromatic heterocycles. The van der Waals surface area contributed by atoms with Crippen LogP contribution in [0.3, 0.4) is 0 Å². The summed E-state index contributed by atoms with van der Waals surface area (Å²) in [7, 11) is 0. The summed E-state index contributed by atoms with van der Waals surface area (Å²) >= 11 is 3.35. The van der Waals surface area contributed by atoms with Gasteiger partial charge in [-0.3, -0.25) is 4.79 Å². The van der Waals surface area contributed by atoms with Crippen LogP contribution in [0.15, 0.2) is 24.3 Å². The minimum absolute atomic E-state index is 0.0408. The monoisotopic (exact) mass is 301 g/mol. The number of hydrogen-bond donors (Lipinski definition) is 0. The summed E-state index contributed by atoms with van der Waals surface area (Å²) in [5.74, 6) is -0.362. The quantitative estimate of drug-likeness (QED) is 0.763. The van der Waals surface area contributed by atoms with Crippen LogP contribution in [0.2, 0.25) is 0 Å². The van der Waals surface area contributed by atoms with E-state index in [0.717, 1.165) is 11.8 Å². The van der Waals surface area contributed by atoms with Crippen LogP contribution >= 0.6 is 15.9 Å². The van der Waals surface area contributed by atoms with Crippen LogP contribution in [0.25, 0.3) is 0 Å². The highest BCUT2D eigenvalue weighted by Crippen LogP contribution is 2.10. The van der Waals surface area contributed by atoms with E-state index in [2.05, 4.69) is 15.9 Å². The Hall–Kier alpha value is -0.900. The second-order valence-electron chi connectivity index (χ2n) is 4.14. The second-order valence-corrected chi connectivity index (χ2v) is 4.93. The van der Waals surface area contributed by atoms with E-state index in [4.69, 9.17) is 0 Å². The maximum Gasteiger partial charge on any atom is 0.254 e. The van der Waals surface area contributed by atoms with E-state index in [1.54, 1.807) is 4.90 Å². The average Bonchev–Trinajstić information content (AvgIpc) is 2.29. The molecule has 1 amide bonds. The molecule has 1 aromatic rings. The molecule has 0 fully saturated rings. The molecular formula is C13H17BrFNO. The molecule has 0 N–H and O–H groups in total. The van der Waals surface area contributed by atoms with Crippen molar-refractivity contribution >= 4 is 21.8 Å². The summed E-state index contributed by atoms with van der Waals surface area (Å²) in [6, 6.07) is 5.83. The van der Waals surface area contributed by atoms with Gasteiger partial charge in [-0.25, -0.2) is 4.39 Å². The zero-order chi connectivity index (χ0) is 12.8. The van der Waals surface area contributed by atoms with Gasteiger partial charge in [-0.05, 0) is 44.5 Å². The van der Waals surface area contributed by atoms with Crippen molar-refractivity contribution in [3.8, 4) is 0 Å². The van der Waals surface area contributed by atoms with Gasteiger partial charge >= 0.3 is 0 Å². The van der Waals surface area contributed by atoms with Crippen molar-refractivity contribution in [3.63, 3.8) is 0 Å². The van der Waals surface area contributed by atoms with Gasteiger partial charge in [-0.2, -0.15) is 0 Å². The molecule has 0 bridgehead atoms. The van der Waals surface area contributed by atoms with Gasteiger partial charge in [0, 0.05) is 23.5 Å². The minimum Gasteiger partial charge on any atom is -0.336 e. The van der Waals surface area contributed by atoms with Crippen molar-refractivity contribution in [1.82, 2.24) is 4.90 Å². The summed E-state index contributed by atoms with van der Waals surface area (Å²) in [5, 5.41) is 0.868. The molecule has 17 heavy (non-hydrogen) atoms. The molecule has 0 radical (unpaired) electrons. The predicted octanol–water partition coefficient (Wildman–Crippen LogP) is 3.46. The van der Waals surface area contributed by atoms with Gasteiger partial charge in [0.15, 0.2) is 0 Å². The molecule has 0 saturated heterocycles. The molecule has 0 unspecified atom stereocenters. The summed E-state index contributed by atoms with van der Waals surface area (Å²) < 4.78 is 12.8. The Labute approximate surface area is 110 Å². The summed E-state index contributed by atoms with van der Waals surface area (Å²) in [6.45, 7) is 4.67.